The summed E-state index contributed by atoms with van der Waals surface area (Å²) in [4.78, 5) is 11.8. The Kier molecular flexibility index (Phi) is 7.04. The number of benzene rings is 1. The number of nitrogens with one attached hydrogen (secondary N) is 3. The smallest absolute Gasteiger partial charge is 0.226 e. The fourth-order valence-corrected chi connectivity index (χ4v) is 1.96. The molecule has 6 heteroatoms. The summed E-state index contributed by atoms with van der Waals surface area (Å²) >= 11 is 0. The highest BCUT2D eigenvalue weighted by molar-refractivity contribution is 5.87. The van der Waals surface area contributed by atoms with Gasteiger partial charge in [0, 0.05) is 18.5 Å². The molecule has 3 N–H and O–H groups in total. The standard InChI is InChI=1S/C14H20N4O.ClH/c1-2-7-15-8-9-16-14(19)10-13-11-5-3-4-6-12(11)17-18-13;/h3-6,15H,2,7-10H2,1H3,(H,16,19)(H,17,18);1H. The van der Waals surface area contributed by atoms with E-state index in [1.165, 1.54) is 0 Å². The fraction of sp³-hybridized carbons (Fsp3) is 0.429. The molecule has 0 unspecified atom stereocenters. The molecule has 0 aliphatic rings. The Labute approximate surface area is 124 Å². The van der Waals surface area contributed by atoms with Crippen molar-refractivity contribution in [2.45, 2.75) is 19.8 Å². The summed E-state index contributed by atoms with van der Waals surface area (Å²) in [5.74, 6) is 0.0210. The van der Waals surface area contributed by atoms with Gasteiger partial charge in [0.25, 0.3) is 0 Å². The molecule has 20 heavy (non-hydrogen) atoms. The number of para-hydroxylation sites is 1. The molecule has 0 atom stereocenters. The molecule has 1 heterocycles. The monoisotopic (exact) mass is 296 g/mol. The van der Waals surface area contributed by atoms with Crippen molar-refractivity contribution in [3.05, 3.63) is 30.0 Å². The highest BCUT2D eigenvalue weighted by atomic mass is 35.5. The Balaban J connectivity index is 0.00000200. The Bertz CT molecular complexity index is 541. The van der Waals surface area contributed by atoms with E-state index in [-0.39, 0.29) is 18.3 Å². The normalized spacial score (nSPS) is 10.2. The average Bonchev–Trinajstić information content (AvgIpc) is 2.82. The molecule has 0 radical (unpaired) electrons. The first-order valence-corrected chi connectivity index (χ1v) is 6.70. The number of fused-ring (bicyclic) bond motifs is 1. The Morgan fingerprint density at radius 3 is 2.85 bits per heavy atom. The SMILES string of the molecule is CCCNCCNC(=O)Cc1[nH]nc2ccccc12.Cl. The van der Waals surface area contributed by atoms with Gasteiger partial charge >= 0.3 is 0 Å². The van der Waals surface area contributed by atoms with Gasteiger partial charge in [0.2, 0.25) is 5.91 Å². The van der Waals surface area contributed by atoms with Gasteiger partial charge in [-0.05, 0) is 19.0 Å². The van der Waals surface area contributed by atoms with Crippen LogP contribution in [0.2, 0.25) is 0 Å². The number of hydrogen-bond acceptors (Lipinski definition) is 3. The van der Waals surface area contributed by atoms with E-state index >= 15 is 0 Å². The van der Waals surface area contributed by atoms with Crippen LogP contribution >= 0.6 is 12.4 Å². The number of halogens is 1. The minimum absolute atomic E-state index is 0. The van der Waals surface area contributed by atoms with Gasteiger partial charge in [0.15, 0.2) is 0 Å². The molecular formula is C14H21ClN4O. The van der Waals surface area contributed by atoms with Crippen LogP contribution in [0.5, 0.6) is 0 Å². The first kappa shape index (κ1) is 16.5. The van der Waals surface area contributed by atoms with Crippen LogP contribution in [0.1, 0.15) is 19.0 Å². The van der Waals surface area contributed by atoms with Crippen molar-refractivity contribution in [1.29, 1.82) is 0 Å². The maximum Gasteiger partial charge on any atom is 0.226 e. The third-order valence-electron chi connectivity index (χ3n) is 2.93. The van der Waals surface area contributed by atoms with E-state index in [0.29, 0.717) is 13.0 Å². The van der Waals surface area contributed by atoms with Gasteiger partial charge in [-0.1, -0.05) is 25.1 Å². The summed E-state index contributed by atoms with van der Waals surface area (Å²) < 4.78 is 0. The number of H-pyrrole nitrogens is 1. The second-order valence-electron chi connectivity index (χ2n) is 4.50. The quantitative estimate of drug-likeness (QED) is 0.680. The lowest BCUT2D eigenvalue weighted by Crippen LogP contribution is -2.33. The molecule has 2 aromatic rings. The first-order valence-electron chi connectivity index (χ1n) is 6.70. The van der Waals surface area contributed by atoms with Gasteiger partial charge in [-0.25, -0.2) is 0 Å². The molecule has 0 saturated carbocycles. The second kappa shape index (κ2) is 8.55. The Hall–Kier alpha value is -1.59. The van der Waals surface area contributed by atoms with E-state index < -0.39 is 0 Å². The van der Waals surface area contributed by atoms with Crippen LogP contribution in [-0.4, -0.2) is 35.7 Å². The van der Waals surface area contributed by atoms with E-state index in [0.717, 1.165) is 36.1 Å². The first-order chi connectivity index (χ1) is 9.31. The predicted molar refractivity (Wildman–Crippen MR) is 83.2 cm³/mol. The minimum Gasteiger partial charge on any atom is -0.354 e. The van der Waals surface area contributed by atoms with E-state index in [9.17, 15) is 4.79 Å². The molecular weight excluding hydrogens is 276 g/mol. The minimum atomic E-state index is 0. The summed E-state index contributed by atoms with van der Waals surface area (Å²) in [6.45, 7) is 4.57. The number of rotatable bonds is 7. The third-order valence-corrected chi connectivity index (χ3v) is 2.93. The lowest BCUT2D eigenvalue weighted by Gasteiger charge is -2.05. The molecule has 110 valence electrons. The Morgan fingerprint density at radius 2 is 2.05 bits per heavy atom. The second-order valence-corrected chi connectivity index (χ2v) is 4.50. The van der Waals surface area contributed by atoms with Gasteiger partial charge in [-0.15, -0.1) is 12.4 Å². The largest absolute Gasteiger partial charge is 0.354 e. The zero-order valence-electron chi connectivity index (χ0n) is 11.6. The molecule has 0 fully saturated rings. The van der Waals surface area contributed by atoms with Crippen LogP contribution in [0, 0.1) is 0 Å². The zero-order chi connectivity index (χ0) is 13.5. The molecule has 0 aliphatic heterocycles. The van der Waals surface area contributed by atoms with Gasteiger partial charge in [0.1, 0.15) is 0 Å². The van der Waals surface area contributed by atoms with Gasteiger partial charge < -0.3 is 10.6 Å². The van der Waals surface area contributed by atoms with Crippen LogP contribution in [0.4, 0.5) is 0 Å². The van der Waals surface area contributed by atoms with Crippen LogP contribution in [0.25, 0.3) is 10.9 Å². The number of aromatic amines is 1. The van der Waals surface area contributed by atoms with Crippen LogP contribution < -0.4 is 10.6 Å². The third kappa shape index (κ3) is 4.51. The van der Waals surface area contributed by atoms with Crippen molar-refractivity contribution in [3.63, 3.8) is 0 Å². The molecule has 0 spiro atoms. The predicted octanol–water partition coefficient (Wildman–Crippen LogP) is 1.64. The van der Waals surface area contributed by atoms with E-state index in [1.807, 2.05) is 24.3 Å². The molecule has 1 aromatic heterocycles. The summed E-state index contributed by atoms with van der Waals surface area (Å²) in [7, 11) is 0. The summed E-state index contributed by atoms with van der Waals surface area (Å²) in [5.41, 5.74) is 1.77. The van der Waals surface area contributed by atoms with E-state index in [4.69, 9.17) is 0 Å². The number of amides is 1. The van der Waals surface area contributed by atoms with Crippen molar-refractivity contribution in [1.82, 2.24) is 20.8 Å². The number of nitrogens with zero attached hydrogens (tertiary/aromatic N) is 1. The van der Waals surface area contributed by atoms with E-state index in [2.05, 4.69) is 27.8 Å². The van der Waals surface area contributed by atoms with Crippen LogP contribution in [0.15, 0.2) is 24.3 Å². The number of hydrogen-bond donors (Lipinski definition) is 3. The number of carbonyl (C=O) groups is 1. The van der Waals surface area contributed by atoms with Crippen LogP contribution in [-0.2, 0) is 11.2 Å². The maximum atomic E-state index is 11.8. The average molecular weight is 297 g/mol. The Morgan fingerprint density at radius 1 is 1.25 bits per heavy atom. The summed E-state index contributed by atoms with van der Waals surface area (Å²) in [6.07, 6.45) is 1.45. The van der Waals surface area contributed by atoms with Crippen molar-refractivity contribution in [3.8, 4) is 0 Å². The van der Waals surface area contributed by atoms with Gasteiger partial charge in [0.05, 0.1) is 17.6 Å². The van der Waals surface area contributed by atoms with Crippen molar-refractivity contribution in [2.24, 2.45) is 0 Å². The number of aromatic nitrogens is 2. The lowest BCUT2D eigenvalue weighted by atomic mass is 10.1. The topological polar surface area (TPSA) is 69.8 Å². The molecule has 0 aliphatic carbocycles. The molecule has 0 bridgehead atoms. The lowest BCUT2D eigenvalue weighted by molar-refractivity contribution is -0.120. The molecule has 0 saturated heterocycles. The highest BCUT2D eigenvalue weighted by Gasteiger charge is 2.08. The summed E-state index contributed by atoms with van der Waals surface area (Å²) in [6, 6.07) is 7.80. The van der Waals surface area contributed by atoms with Crippen LogP contribution in [0.3, 0.4) is 0 Å². The molecule has 1 aromatic carbocycles. The zero-order valence-corrected chi connectivity index (χ0v) is 12.4. The fourth-order valence-electron chi connectivity index (χ4n) is 1.96. The number of carbonyl (C=O) groups excluding carboxylic acids is 1. The van der Waals surface area contributed by atoms with Crippen molar-refractivity contribution in [2.75, 3.05) is 19.6 Å². The highest BCUT2D eigenvalue weighted by Crippen LogP contribution is 2.15. The van der Waals surface area contributed by atoms with Gasteiger partial charge in [-0.2, -0.15) is 5.10 Å². The molecule has 5 nitrogen and oxygen atoms in total. The van der Waals surface area contributed by atoms with Gasteiger partial charge in [-0.3, -0.25) is 9.89 Å². The van der Waals surface area contributed by atoms with E-state index in [1.54, 1.807) is 0 Å². The molecule has 1 amide bonds. The van der Waals surface area contributed by atoms with Crippen molar-refractivity contribution < 1.29 is 4.79 Å². The maximum absolute atomic E-state index is 11.8. The van der Waals surface area contributed by atoms with Crippen molar-refractivity contribution >= 4 is 29.2 Å². The molecule has 2 rings (SSSR count). The summed E-state index contributed by atoms with van der Waals surface area (Å²) in [5, 5.41) is 14.3.